The van der Waals surface area contributed by atoms with Gasteiger partial charge in [0.15, 0.2) is 0 Å². The summed E-state index contributed by atoms with van der Waals surface area (Å²) in [6.45, 7) is 0.731. The Labute approximate surface area is 131 Å². The normalized spacial score (nSPS) is 14.8. The Morgan fingerprint density at radius 3 is 3.00 bits per heavy atom. The van der Waals surface area contributed by atoms with Gasteiger partial charge in [-0.05, 0) is 29.7 Å². The lowest BCUT2D eigenvalue weighted by Gasteiger charge is -2.17. The van der Waals surface area contributed by atoms with Crippen LogP contribution >= 0.6 is 15.9 Å². The molecule has 1 atom stereocenters. The average Bonchev–Trinajstić information content (AvgIpc) is 3.04. The summed E-state index contributed by atoms with van der Waals surface area (Å²) in [5.74, 6) is 7.31. The van der Waals surface area contributed by atoms with Crippen molar-refractivity contribution < 1.29 is 4.74 Å². The van der Waals surface area contributed by atoms with Crippen LogP contribution < -0.4 is 21.7 Å². The average molecular weight is 352 g/mol. The summed E-state index contributed by atoms with van der Waals surface area (Å²) in [5.41, 5.74) is 12.1. The fourth-order valence-electron chi connectivity index (χ4n) is 2.71. The zero-order chi connectivity index (χ0) is 15.0. The van der Waals surface area contributed by atoms with Gasteiger partial charge in [0.25, 0.3) is 0 Å². The second kappa shape index (κ2) is 5.67. The van der Waals surface area contributed by atoms with Gasteiger partial charge in [-0.25, -0.2) is 0 Å². The summed E-state index contributed by atoms with van der Waals surface area (Å²) in [4.78, 5) is 0. The zero-order valence-electron chi connectivity index (χ0n) is 11.8. The molecule has 1 aromatic heterocycles. The van der Waals surface area contributed by atoms with Gasteiger partial charge in [-0.2, -0.15) is 5.10 Å². The molecule has 0 aliphatic carbocycles. The van der Waals surface area contributed by atoms with Gasteiger partial charge in [-0.1, -0.05) is 15.9 Å². The molecule has 0 fully saturated rings. The standard InChI is InChI=1S/C14H18BrN5O/c1-20-14(16)11(7-18-20)12(19-17)6-9-5-10(15)4-8-2-3-21-13(8)9/h4-5,7,12,19H,2-3,6,16-17H2,1H3. The molecule has 0 spiro atoms. The topological polar surface area (TPSA) is 91.1 Å². The van der Waals surface area contributed by atoms with E-state index in [1.165, 1.54) is 5.56 Å². The van der Waals surface area contributed by atoms with Crippen LogP contribution in [0.3, 0.4) is 0 Å². The smallest absolute Gasteiger partial charge is 0.126 e. The van der Waals surface area contributed by atoms with E-state index in [-0.39, 0.29) is 6.04 Å². The first-order valence-electron chi connectivity index (χ1n) is 6.77. The summed E-state index contributed by atoms with van der Waals surface area (Å²) in [6, 6.07) is 4.07. The van der Waals surface area contributed by atoms with Crippen molar-refractivity contribution in [3.8, 4) is 5.75 Å². The van der Waals surface area contributed by atoms with E-state index in [4.69, 9.17) is 16.3 Å². The maximum atomic E-state index is 6.04. The Balaban J connectivity index is 1.93. The molecule has 1 aliphatic heterocycles. The van der Waals surface area contributed by atoms with Crippen LogP contribution in [0.2, 0.25) is 0 Å². The van der Waals surface area contributed by atoms with Crippen LogP contribution in [-0.2, 0) is 19.9 Å². The maximum absolute atomic E-state index is 6.04. The zero-order valence-corrected chi connectivity index (χ0v) is 13.4. The number of hydrogen-bond acceptors (Lipinski definition) is 5. The van der Waals surface area contributed by atoms with Crippen molar-refractivity contribution in [2.75, 3.05) is 12.3 Å². The minimum Gasteiger partial charge on any atom is -0.493 e. The van der Waals surface area contributed by atoms with E-state index in [1.54, 1.807) is 10.9 Å². The Morgan fingerprint density at radius 1 is 1.52 bits per heavy atom. The van der Waals surface area contributed by atoms with Gasteiger partial charge in [0.05, 0.1) is 18.8 Å². The number of rotatable bonds is 4. The SMILES string of the molecule is Cn1ncc(C(Cc2cc(Br)cc3c2OCC3)NN)c1N. The number of anilines is 1. The van der Waals surface area contributed by atoms with Gasteiger partial charge in [0, 0.05) is 23.5 Å². The first-order chi connectivity index (χ1) is 10.1. The van der Waals surface area contributed by atoms with Gasteiger partial charge in [-0.15, -0.1) is 0 Å². The number of hydrogen-bond donors (Lipinski definition) is 3. The number of fused-ring (bicyclic) bond motifs is 1. The summed E-state index contributed by atoms with van der Waals surface area (Å²) in [6.07, 6.45) is 3.38. The molecular weight excluding hydrogens is 334 g/mol. The largest absolute Gasteiger partial charge is 0.493 e. The van der Waals surface area contributed by atoms with Gasteiger partial charge in [0.1, 0.15) is 11.6 Å². The van der Waals surface area contributed by atoms with Gasteiger partial charge in [0.2, 0.25) is 0 Å². The number of aromatic nitrogens is 2. The Morgan fingerprint density at radius 2 is 2.33 bits per heavy atom. The molecule has 0 amide bonds. The number of hydrazine groups is 1. The highest BCUT2D eigenvalue weighted by Crippen LogP contribution is 2.35. The number of ether oxygens (including phenoxy) is 1. The molecule has 1 unspecified atom stereocenters. The monoisotopic (exact) mass is 351 g/mol. The van der Waals surface area contributed by atoms with Gasteiger partial charge < -0.3 is 10.5 Å². The van der Waals surface area contributed by atoms with E-state index in [0.717, 1.165) is 34.4 Å². The molecule has 1 aliphatic rings. The van der Waals surface area contributed by atoms with Crippen molar-refractivity contribution in [2.45, 2.75) is 18.9 Å². The highest BCUT2D eigenvalue weighted by Gasteiger charge is 2.22. The van der Waals surface area contributed by atoms with E-state index >= 15 is 0 Å². The van der Waals surface area contributed by atoms with Crippen LogP contribution in [0.5, 0.6) is 5.75 Å². The molecule has 21 heavy (non-hydrogen) atoms. The van der Waals surface area contributed by atoms with E-state index in [2.05, 4.69) is 38.6 Å². The third kappa shape index (κ3) is 2.64. The van der Waals surface area contributed by atoms with Crippen molar-refractivity contribution in [1.29, 1.82) is 0 Å². The number of nitrogens with two attached hydrogens (primary N) is 2. The molecule has 0 saturated carbocycles. The van der Waals surface area contributed by atoms with E-state index in [0.29, 0.717) is 12.2 Å². The Hall–Kier alpha value is -1.57. The molecule has 1 aromatic carbocycles. The van der Waals surface area contributed by atoms with Crippen molar-refractivity contribution in [2.24, 2.45) is 12.9 Å². The number of nitrogens with one attached hydrogen (secondary N) is 1. The van der Waals surface area contributed by atoms with Crippen LogP contribution in [-0.4, -0.2) is 16.4 Å². The lowest BCUT2D eigenvalue weighted by Crippen LogP contribution is -2.30. The van der Waals surface area contributed by atoms with E-state index in [9.17, 15) is 0 Å². The minimum atomic E-state index is -0.110. The Bertz CT molecular complexity index is 670. The van der Waals surface area contributed by atoms with Crippen LogP contribution in [0, 0.1) is 0 Å². The molecule has 5 N–H and O–H groups in total. The maximum Gasteiger partial charge on any atom is 0.126 e. The number of aryl methyl sites for hydroxylation is 1. The second-order valence-electron chi connectivity index (χ2n) is 5.18. The summed E-state index contributed by atoms with van der Waals surface area (Å²) < 4.78 is 8.45. The lowest BCUT2D eigenvalue weighted by molar-refractivity contribution is 0.351. The fourth-order valence-corrected chi connectivity index (χ4v) is 3.26. The van der Waals surface area contributed by atoms with Crippen molar-refractivity contribution in [1.82, 2.24) is 15.2 Å². The van der Waals surface area contributed by atoms with Crippen molar-refractivity contribution in [3.05, 3.63) is 39.5 Å². The molecular formula is C14H18BrN5O. The van der Waals surface area contributed by atoms with Crippen LogP contribution in [0.4, 0.5) is 5.82 Å². The molecule has 6 nitrogen and oxygen atoms in total. The summed E-state index contributed by atoms with van der Waals surface area (Å²) in [7, 11) is 1.81. The Kier molecular flexibility index (Phi) is 3.88. The van der Waals surface area contributed by atoms with Crippen LogP contribution in [0.1, 0.15) is 22.7 Å². The number of nitrogens with zero attached hydrogens (tertiary/aromatic N) is 2. The first kappa shape index (κ1) is 14.4. The van der Waals surface area contributed by atoms with Gasteiger partial charge >= 0.3 is 0 Å². The quantitative estimate of drug-likeness (QED) is 0.572. The van der Waals surface area contributed by atoms with Crippen molar-refractivity contribution >= 4 is 21.7 Å². The second-order valence-corrected chi connectivity index (χ2v) is 6.10. The van der Waals surface area contributed by atoms with Crippen LogP contribution in [0.15, 0.2) is 22.8 Å². The number of halogens is 1. The highest BCUT2D eigenvalue weighted by molar-refractivity contribution is 9.10. The predicted octanol–water partition coefficient (Wildman–Crippen LogP) is 1.45. The van der Waals surface area contributed by atoms with Crippen molar-refractivity contribution in [3.63, 3.8) is 0 Å². The van der Waals surface area contributed by atoms with Crippen LogP contribution in [0.25, 0.3) is 0 Å². The minimum absolute atomic E-state index is 0.110. The predicted molar refractivity (Wildman–Crippen MR) is 84.7 cm³/mol. The molecule has 3 rings (SSSR count). The molecule has 7 heteroatoms. The summed E-state index contributed by atoms with van der Waals surface area (Å²) in [5, 5.41) is 4.17. The first-order valence-corrected chi connectivity index (χ1v) is 7.57. The molecule has 0 radical (unpaired) electrons. The molecule has 112 valence electrons. The fraction of sp³-hybridized carbons (Fsp3) is 0.357. The third-order valence-corrected chi connectivity index (χ3v) is 4.30. The number of benzene rings is 1. The lowest BCUT2D eigenvalue weighted by atomic mass is 9.98. The van der Waals surface area contributed by atoms with Gasteiger partial charge in [-0.3, -0.25) is 16.0 Å². The van der Waals surface area contributed by atoms with E-state index < -0.39 is 0 Å². The molecule has 2 aromatic rings. The number of nitrogen functional groups attached to an aromatic ring is 1. The molecule has 2 heterocycles. The summed E-state index contributed by atoms with van der Waals surface area (Å²) >= 11 is 3.55. The highest BCUT2D eigenvalue weighted by atomic mass is 79.9. The third-order valence-electron chi connectivity index (χ3n) is 3.84. The molecule has 0 saturated heterocycles. The van der Waals surface area contributed by atoms with E-state index in [1.807, 2.05) is 7.05 Å². The molecule has 0 bridgehead atoms.